The van der Waals surface area contributed by atoms with Crippen molar-refractivity contribution in [2.75, 3.05) is 34.5 Å². The maximum atomic E-state index is 14.0. The maximum Gasteiger partial charge on any atom is 0.265 e. The van der Waals surface area contributed by atoms with Gasteiger partial charge in [-0.1, -0.05) is 244 Å². The SMILES string of the molecule is Cc1cc(Cl)ccc1OCC(=O)N1Cc2ccc(C(=O)c3ccc(C(C)(C)C)cc3)n2Cc2ccccc21.Cc1cc(Cl)ccc1OCC(=O)N1Cc2ccc(C(=O)c3ccccc3-c3ccccc3)n2Cc2ccccc21.O=C(c1ccccc1-c1ccccc1)c1ccc2n1Cc1ccccc1N(C(=O)COc1ccc(Cl)cc1)C2. The molecule has 0 radical (unpaired) electrons. The van der Waals surface area contributed by atoms with E-state index in [-0.39, 0.29) is 60.3 Å². The first kappa shape index (κ1) is 79.2. The Morgan fingerprint density at radius 1 is 0.333 bits per heavy atom. The van der Waals surface area contributed by atoms with Crippen LogP contribution in [0, 0.1) is 13.8 Å². The van der Waals surface area contributed by atoms with Crippen molar-refractivity contribution in [3.05, 3.63) is 403 Å². The van der Waals surface area contributed by atoms with Gasteiger partial charge in [0.25, 0.3) is 17.7 Å². The second-order valence-corrected chi connectivity index (χ2v) is 31.3. The second-order valence-electron chi connectivity index (χ2n) is 30.0. The van der Waals surface area contributed by atoms with Crippen molar-refractivity contribution >= 4 is 86.9 Å². The molecule has 0 N–H and O–H groups in total. The zero-order valence-electron chi connectivity index (χ0n) is 65.2. The average molecular weight is 1610 g/mol. The topological polar surface area (TPSA) is 155 Å². The van der Waals surface area contributed by atoms with Gasteiger partial charge in [0, 0.05) is 65.9 Å². The summed E-state index contributed by atoms with van der Waals surface area (Å²) in [6.07, 6.45) is 0. The van der Waals surface area contributed by atoms with Crippen LogP contribution in [-0.2, 0) is 59.1 Å². The molecule has 0 fully saturated rings. The van der Waals surface area contributed by atoms with Gasteiger partial charge in [-0.05, 0) is 190 Å². The minimum absolute atomic E-state index is 0.0173. The van der Waals surface area contributed by atoms with E-state index in [4.69, 9.17) is 49.0 Å². The molecule has 11 aromatic carbocycles. The molecule has 3 amide bonds. The minimum Gasteiger partial charge on any atom is -0.484 e. The molecule has 0 saturated heterocycles. The standard InChI is InChI=1S/C34H27ClN2O3.C33H25ClN2O3.C32H31ClN2O3/c1-23-19-26(35)15-18-32(23)40-22-33(38)37-21-27-16-17-31(36(27)20-25-11-5-8-14-30(25)37)34(39)29-13-7-6-12-28(29)24-9-3-2-4-10-24;34-25-14-17-27(18-15-25)39-22-32(37)36-21-26-16-19-31(35(26)20-24-10-4-7-13-30(24)36)33(38)29-12-6-5-11-28(29)23-8-2-1-3-9-23;1-21-17-25(33)13-16-29(21)38-20-30(36)35-19-26-14-15-28(34(26)18-23-7-5-6-8-27(23)35)31(37)22-9-11-24(12-10-22)32(2,3)4/h2-19H,20-22H2,1H3;1-19H,20-22H2;5-17H,18-20H2,1-4H3. The predicted octanol–water partition coefficient (Wildman–Crippen LogP) is 21.3. The summed E-state index contributed by atoms with van der Waals surface area (Å²) in [4.78, 5) is 87.2. The number of halogens is 3. The van der Waals surface area contributed by atoms with E-state index in [9.17, 15) is 28.8 Å². The van der Waals surface area contributed by atoms with Gasteiger partial charge in [0.05, 0.1) is 56.4 Å². The largest absolute Gasteiger partial charge is 0.484 e. The number of amides is 3. The highest BCUT2D eigenvalue weighted by Crippen LogP contribution is 2.37. The molecule has 0 atom stereocenters. The fraction of sp³-hybridized carbons (Fsp3) is 0.152. The van der Waals surface area contributed by atoms with Gasteiger partial charge in [0.2, 0.25) is 17.3 Å². The molecule has 0 unspecified atom stereocenters. The summed E-state index contributed by atoms with van der Waals surface area (Å²) in [6.45, 7) is 12.4. The maximum absolute atomic E-state index is 14.0. The number of benzene rings is 11. The molecule has 17 rings (SSSR count). The molecule has 3 aliphatic heterocycles. The van der Waals surface area contributed by atoms with Crippen LogP contribution in [-0.4, -0.2) is 68.6 Å². The monoisotopic (exact) mass is 1600 g/mol. The number of aromatic nitrogens is 3. The smallest absolute Gasteiger partial charge is 0.265 e. The second kappa shape index (κ2) is 35.0. The highest BCUT2D eigenvalue weighted by Gasteiger charge is 2.33. The summed E-state index contributed by atoms with van der Waals surface area (Å²) in [6, 6.07) is 95.6. The van der Waals surface area contributed by atoms with Crippen LogP contribution < -0.4 is 28.9 Å². The van der Waals surface area contributed by atoms with Crippen molar-refractivity contribution < 1.29 is 43.0 Å². The van der Waals surface area contributed by atoms with Gasteiger partial charge in [-0.25, -0.2) is 0 Å². The van der Waals surface area contributed by atoms with Crippen molar-refractivity contribution in [3.8, 4) is 39.5 Å². The van der Waals surface area contributed by atoms with Crippen molar-refractivity contribution in [3.63, 3.8) is 0 Å². The molecule has 117 heavy (non-hydrogen) atoms. The van der Waals surface area contributed by atoms with E-state index >= 15 is 0 Å². The number of carbonyl (C=O) groups excluding carboxylic acids is 6. The van der Waals surface area contributed by atoms with Gasteiger partial charge in [0.1, 0.15) is 17.2 Å². The number of para-hydroxylation sites is 3. The Labute approximate surface area is 695 Å². The first-order valence-electron chi connectivity index (χ1n) is 38.6. The fourth-order valence-corrected chi connectivity index (χ4v) is 15.7. The number of nitrogens with zero attached hydrogens (tertiary/aromatic N) is 6. The van der Waals surface area contributed by atoms with E-state index in [2.05, 4.69) is 20.8 Å². The quantitative estimate of drug-likeness (QED) is 0.0810. The molecule has 14 aromatic rings. The Morgan fingerprint density at radius 3 is 1.06 bits per heavy atom. The van der Waals surface area contributed by atoms with E-state index in [0.717, 1.165) is 84.2 Å². The molecular weight excluding hydrogens is 1520 g/mol. The molecule has 0 spiro atoms. The molecule has 0 saturated carbocycles. The zero-order chi connectivity index (χ0) is 81.4. The lowest BCUT2D eigenvalue weighted by atomic mass is 9.86. The minimum atomic E-state index is -0.172. The van der Waals surface area contributed by atoms with Crippen molar-refractivity contribution in [2.24, 2.45) is 0 Å². The summed E-state index contributed by atoms with van der Waals surface area (Å²) < 4.78 is 23.6. The normalized spacial score (nSPS) is 12.5. The molecule has 3 aromatic heterocycles. The van der Waals surface area contributed by atoms with E-state index in [1.165, 1.54) is 5.56 Å². The van der Waals surface area contributed by atoms with Crippen molar-refractivity contribution in [1.29, 1.82) is 0 Å². The van der Waals surface area contributed by atoms with Crippen LogP contribution in [0.2, 0.25) is 15.1 Å². The molecule has 6 heterocycles. The van der Waals surface area contributed by atoms with Gasteiger partial charge in [-0.2, -0.15) is 0 Å². The molecule has 0 bridgehead atoms. The van der Waals surface area contributed by atoms with Crippen LogP contribution in [0.25, 0.3) is 22.3 Å². The van der Waals surface area contributed by atoms with E-state index in [1.807, 2.05) is 282 Å². The first-order valence-corrected chi connectivity index (χ1v) is 39.7. The van der Waals surface area contributed by atoms with Crippen LogP contribution in [0.1, 0.15) is 119 Å². The summed E-state index contributed by atoms with van der Waals surface area (Å²) >= 11 is 18.1. The number of rotatable bonds is 17. The molecular formula is C99H83Cl3N6O9. The third-order valence-corrected chi connectivity index (χ3v) is 22.0. The Hall–Kier alpha value is -13.1. The number of ether oxygens (including phenoxy) is 3. The van der Waals surface area contributed by atoms with Gasteiger partial charge < -0.3 is 42.6 Å². The molecule has 18 heteroatoms. The summed E-state index contributed by atoms with van der Waals surface area (Å²) in [5.74, 6) is 1.18. The van der Waals surface area contributed by atoms with Gasteiger partial charge in [-0.15, -0.1) is 0 Å². The zero-order valence-corrected chi connectivity index (χ0v) is 67.5. The molecule has 3 aliphatic rings. The number of carbonyl (C=O) groups is 6. The highest BCUT2D eigenvalue weighted by atomic mass is 35.5. The third-order valence-electron chi connectivity index (χ3n) is 21.3. The van der Waals surface area contributed by atoms with E-state index in [0.29, 0.717) is 105 Å². The van der Waals surface area contributed by atoms with E-state index < -0.39 is 0 Å². The number of hydrogen-bond donors (Lipinski definition) is 0. The van der Waals surface area contributed by atoms with Gasteiger partial charge in [0.15, 0.2) is 19.8 Å². The van der Waals surface area contributed by atoms with Crippen LogP contribution in [0.5, 0.6) is 17.2 Å². The lowest BCUT2D eigenvalue weighted by Crippen LogP contribution is -2.34. The summed E-state index contributed by atoms with van der Waals surface area (Å²) in [7, 11) is 0. The van der Waals surface area contributed by atoms with Crippen LogP contribution in [0.3, 0.4) is 0 Å². The van der Waals surface area contributed by atoms with Crippen molar-refractivity contribution in [2.45, 2.75) is 79.3 Å². The number of fused-ring (bicyclic) bond motifs is 6. The Morgan fingerprint density at radius 2 is 0.675 bits per heavy atom. The van der Waals surface area contributed by atoms with Crippen molar-refractivity contribution in [1.82, 2.24) is 13.7 Å². The van der Waals surface area contributed by atoms with Crippen LogP contribution in [0.15, 0.2) is 303 Å². The van der Waals surface area contributed by atoms with Gasteiger partial charge >= 0.3 is 0 Å². The summed E-state index contributed by atoms with van der Waals surface area (Å²) in [5.41, 5.74) is 18.4. The predicted molar refractivity (Wildman–Crippen MR) is 463 cm³/mol. The number of ketones is 3. The highest BCUT2D eigenvalue weighted by molar-refractivity contribution is 6.31. The third kappa shape index (κ3) is 17.6. The molecule has 0 aliphatic carbocycles. The Bertz CT molecular complexity index is 6060. The average Bonchev–Trinajstić information content (AvgIpc) is 1.64. The Kier molecular flexibility index (Phi) is 23.7. The molecule has 15 nitrogen and oxygen atoms in total. The first-order chi connectivity index (χ1) is 56.7. The van der Waals surface area contributed by atoms with Crippen LogP contribution in [0.4, 0.5) is 17.1 Å². The fourth-order valence-electron chi connectivity index (χ4n) is 15.1. The summed E-state index contributed by atoms with van der Waals surface area (Å²) in [5, 5.41) is 1.85. The lowest BCUT2D eigenvalue weighted by Gasteiger charge is -2.23. The lowest BCUT2D eigenvalue weighted by molar-refractivity contribution is -0.121. The van der Waals surface area contributed by atoms with E-state index in [1.54, 1.807) is 63.2 Å². The molecule has 584 valence electrons. The number of anilines is 3. The number of aryl methyl sites for hydroxylation is 2. The van der Waals surface area contributed by atoms with Crippen LogP contribution >= 0.6 is 34.8 Å². The number of hydrogen-bond acceptors (Lipinski definition) is 9. The Balaban J connectivity index is 0.000000138. The van der Waals surface area contributed by atoms with Gasteiger partial charge in [-0.3, -0.25) is 28.8 Å².